The number of hydrogen-bond donors (Lipinski definition) is 2. The fourth-order valence-corrected chi connectivity index (χ4v) is 2.24. The Balaban J connectivity index is 0.000000219. The molecule has 0 aromatic heterocycles. The van der Waals surface area contributed by atoms with Crippen molar-refractivity contribution in [2.45, 2.75) is 70.7 Å². The highest BCUT2D eigenvalue weighted by Gasteiger charge is 2.32. The molecule has 21 heavy (non-hydrogen) atoms. The number of aliphatic hydroxyl groups excluding tert-OH is 2. The third-order valence-electron chi connectivity index (χ3n) is 3.27. The standard InChI is InChI=1S/C9H18O3.C6H12O3/c1-9(2)11-7-8(12-9)5-3-4-6-10;1-6(2)8-4-5(3-7)9-6/h8,10H,3-7H2,1-2H3;5,7H,3-4H2,1-2H3. The molecule has 0 amide bonds. The van der Waals surface area contributed by atoms with E-state index in [2.05, 4.69) is 0 Å². The van der Waals surface area contributed by atoms with Crippen LogP contribution in [0.4, 0.5) is 0 Å². The van der Waals surface area contributed by atoms with Gasteiger partial charge in [-0.3, -0.25) is 0 Å². The highest BCUT2D eigenvalue weighted by Crippen LogP contribution is 2.25. The monoisotopic (exact) mass is 306 g/mol. The summed E-state index contributed by atoms with van der Waals surface area (Å²) in [5, 5.41) is 17.2. The Hall–Kier alpha value is -0.240. The highest BCUT2D eigenvalue weighted by atomic mass is 16.7. The third-order valence-corrected chi connectivity index (χ3v) is 3.27. The molecular weight excluding hydrogens is 276 g/mol. The Kier molecular flexibility index (Phi) is 7.53. The second kappa shape index (κ2) is 8.41. The molecule has 2 aliphatic rings. The molecule has 2 saturated heterocycles. The maximum absolute atomic E-state index is 8.59. The number of ether oxygens (including phenoxy) is 4. The molecule has 126 valence electrons. The Labute approximate surface area is 127 Å². The van der Waals surface area contributed by atoms with Gasteiger partial charge in [-0.2, -0.15) is 0 Å². The van der Waals surface area contributed by atoms with Crippen molar-refractivity contribution in [3.8, 4) is 0 Å². The van der Waals surface area contributed by atoms with Gasteiger partial charge in [0.2, 0.25) is 0 Å². The molecule has 6 heteroatoms. The van der Waals surface area contributed by atoms with Crippen molar-refractivity contribution in [2.24, 2.45) is 0 Å². The normalized spacial score (nSPS) is 30.0. The second-order valence-electron chi connectivity index (χ2n) is 6.30. The lowest BCUT2D eigenvalue weighted by molar-refractivity contribution is -0.142. The smallest absolute Gasteiger partial charge is 0.163 e. The molecule has 2 heterocycles. The Morgan fingerprint density at radius 2 is 1.38 bits per heavy atom. The fraction of sp³-hybridized carbons (Fsp3) is 1.00. The van der Waals surface area contributed by atoms with E-state index in [1.54, 1.807) is 0 Å². The van der Waals surface area contributed by atoms with Crippen molar-refractivity contribution in [1.82, 2.24) is 0 Å². The zero-order chi connectivity index (χ0) is 15.9. The summed E-state index contributed by atoms with van der Waals surface area (Å²) in [6, 6.07) is 0. The van der Waals surface area contributed by atoms with Gasteiger partial charge in [0.25, 0.3) is 0 Å². The third kappa shape index (κ3) is 7.54. The largest absolute Gasteiger partial charge is 0.396 e. The first-order chi connectivity index (χ1) is 9.78. The number of aliphatic hydroxyl groups is 2. The number of unbranched alkanes of at least 4 members (excludes halogenated alkanes) is 1. The van der Waals surface area contributed by atoms with Crippen LogP contribution in [0, 0.1) is 0 Å². The topological polar surface area (TPSA) is 77.4 Å². The molecule has 0 spiro atoms. The molecule has 0 saturated carbocycles. The van der Waals surface area contributed by atoms with Crippen LogP contribution >= 0.6 is 0 Å². The van der Waals surface area contributed by atoms with Gasteiger partial charge in [0, 0.05) is 6.61 Å². The van der Waals surface area contributed by atoms with E-state index in [0.717, 1.165) is 19.3 Å². The predicted molar refractivity (Wildman–Crippen MR) is 77.8 cm³/mol. The lowest BCUT2D eigenvalue weighted by Crippen LogP contribution is -2.22. The van der Waals surface area contributed by atoms with E-state index in [9.17, 15) is 0 Å². The minimum absolute atomic E-state index is 0.0451. The van der Waals surface area contributed by atoms with Crippen LogP contribution in [-0.4, -0.2) is 60.4 Å². The van der Waals surface area contributed by atoms with Gasteiger partial charge >= 0.3 is 0 Å². The molecule has 0 aliphatic carbocycles. The molecule has 0 bridgehead atoms. The molecule has 2 fully saturated rings. The Morgan fingerprint density at radius 3 is 1.71 bits per heavy atom. The summed E-state index contributed by atoms with van der Waals surface area (Å²) < 4.78 is 21.4. The molecule has 2 rings (SSSR count). The average molecular weight is 306 g/mol. The van der Waals surface area contributed by atoms with E-state index in [1.165, 1.54) is 0 Å². The molecule has 0 radical (unpaired) electrons. The Bertz CT molecular complexity index is 292. The Morgan fingerprint density at radius 1 is 0.857 bits per heavy atom. The molecule has 0 aromatic carbocycles. The molecule has 2 aliphatic heterocycles. The highest BCUT2D eigenvalue weighted by molar-refractivity contribution is 4.70. The van der Waals surface area contributed by atoms with Gasteiger partial charge < -0.3 is 29.2 Å². The number of hydrogen-bond acceptors (Lipinski definition) is 6. The van der Waals surface area contributed by atoms with Crippen molar-refractivity contribution in [3.05, 3.63) is 0 Å². The SMILES string of the molecule is CC1(C)OCC(CCCCO)O1.CC1(C)OCC(CO)O1. The number of rotatable bonds is 5. The van der Waals surface area contributed by atoms with Gasteiger partial charge in [0.05, 0.1) is 25.9 Å². The quantitative estimate of drug-likeness (QED) is 0.748. The lowest BCUT2D eigenvalue weighted by atomic mass is 10.2. The van der Waals surface area contributed by atoms with E-state index in [0.29, 0.717) is 13.2 Å². The van der Waals surface area contributed by atoms with E-state index >= 15 is 0 Å². The van der Waals surface area contributed by atoms with Crippen molar-refractivity contribution in [2.75, 3.05) is 26.4 Å². The first-order valence-corrected chi connectivity index (χ1v) is 7.63. The van der Waals surface area contributed by atoms with Gasteiger partial charge in [0.1, 0.15) is 6.10 Å². The van der Waals surface area contributed by atoms with Gasteiger partial charge in [0.15, 0.2) is 11.6 Å². The van der Waals surface area contributed by atoms with Crippen LogP contribution in [0.25, 0.3) is 0 Å². The zero-order valence-corrected chi connectivity index (χ0v) is 13.6. The van der Waals surface area contributed by atoms with Gasteiger partial charge in [-0.15, -0.1) is 0 Å². The molecular formula is C15H30O6. The van der Waals surface area contributed by atoms with E-state index in [1.807, 2.05) is 27.7 Å². The summed E-state index contributed by atoms with van der Waals surface area (Å²) >= 11 is 0. The maximum atomic E-state index is 8.59. The predicted octanol–water partition coefficient (Wildman–Crippen LogP) is 1.43. The average Bonchev–Trinajstić information content (AvgIpc) is 2.93. The minimum Gasteiger partial charge on any atom is -0.396 e. The zero-order valence-electron chi connectivity index (χ0n) is 13.6. The van der Waals surface area contributed by atoms with Crippen LogP contribution < -0.4 is 0 Å². The summed E-state index contributed by atoms with van der Waals surface area (Å²) in [6.07, 6.45) is 2.97. The van der Waals surface area contributed by atoms with Crippen LogP contribution in [0.15, 0.2) is 0 Å². The van der Waals surface area contributed by atoms with Crippen LogP contribution in [-0.2, 0) is 18.9 Å². The summed E-state index contributed by atoms with van der Waals surface area (Å²) in [7, 11) is 0. The van der Waals surface area contributed by atoms with E-state index < -0.39 is 11.6 Å². The first-order valence-electron chi connectivity index (χ1n) is 7.63. The summed E-state index contributed by atoms with van der Waals surface area (Å²) in [5.41, 5.74) is 0. The minimum atomic E-state index is -0.493. The first kappa shape index (κ1) is 18.8. The van der Waals surface area contributed by atoms with E-state index in [-0.39, 0.29) is 25.4 Å². The van der Waals surface area contributed by atoms with Crippen LogP contribution in [0.5, 0.6) is 0 Å². The second-order valence-corrected chi connectivity index (χ2v) is 6.30. The van der Waals surface area contributed by atoms with Crippen LogP contribution in [0.2, 0.25) is 0 Å². The van der Waals surface area contributed by atoms with Crippen LogP contribution in [0.3, 0.4) is 0 Å². The van der Waals surface area contributed by atoms with Crippen LogP contribution in [0.1, 0.15) is 47.0 Å². The summed E-state index contributed by atoms with van der Waals surface area (Å²) in [4.78, 5) is 0. The lowest BCUT2D eigenvalue weighted by Gasteiger charge is -2.16. The van der Waals surface area contributed by atoms with Crippen molar-refractivity contribution < 1.29 is 29.2 Å². The summed E-state index contributed by atoms with van der Waals surface area (Å²) in [6.45, 7) is 9.05. The van der Waals surface area contributed by atoms with Crippen molar-refractivity contribution in [1.29, 1.82) is 0 Å². The molecule has 2 unspecified atom stereocenters. The van der Waals surface area contributed by atoms with Crippen molar-refractivity contribution in [3.63, 3.8) is 0 Å². The van der Waals surface area contributed by atoms with E-state index in [4.69, 9.17) is 29.2 Å². The van der Waals surface area contributed by atoms with Gasteiger partial charge in [-0.1, -0.05) is 0 Å². The molecule has 2 N–H and O–H groups in total. The summed E-state index contributed by atoms with van der Waals surface area (Å²) in [5.74, 6) is -0.892. The fourth-order valence-electron chi connectivity index (χ4n) is 2.24. The molecule has 2 atom stereocenters. The van der Waals surface area contributed by atoms with Gasteiger partial charge in [-0.05, 0) is 47.0 Å². The maximum Gasteiger partial charge on any atom is 0.163 e. The molecule has 6 nitrogen and oxygen atoms in total. The molecule has 0 aromatic rings. The van der Waals surface area contributed by atoms with Crippen molar-refractivity contribution >= 4 is 0 Å². The van der Waals surface area contributed by atoms with Gasteiger partial charge in [-0.25, -0.2) is 0 Å².